The molecule has 0 aliphatic heterocycles. The molecule has 10 heteroatoms. The molecule has 35 heavy (non-hydrogen) atoms. The second-order valence-electron chi connectivity index (χ2n) is 7.79. The number of amides is 3. The number of hydrogen-bond donors (Lipinski definition) is 4. The summed E-state index contributed by atoms with van der Waals surface area (Å²) in [7, 11) is 0. The fourth-order valence-electron chi connectivity index (χ4n) is 3.18. The zero-order chi connectivity index (χ0) is 25.0. The molecule has 2 aromatic carbocycles. The standard InChI is InChI=1S/C25H28N5O4S/c26-12-18-1-3-19(4-2-18)13-28-25(33)22(11-20-15-35-16-29-20)30-24(32)10-7-17-5-8-21(9-6-17)34-14-23(27)31/h1-6,8-10,15-16,22H,7,11-14,26H2,(H2,27,31)(H,28,33)(H,30,32)/t22-/m0/s1. The van der Waals surface area contributed by atoms with E-state index in [2.05, 4.69) is 15.6 Å². The average molecular weight is 495 g/mol. The summed E-state index contributed by atoms with van der Waals surface area (Å²) in [4.78, 5) is 40.5. The van der Waals surface area contributed by atoms with E-state index >= 15 is 0 Å². The molecule has 183 valence electrons. The zero-order valence-corrected chi connectivity index (χ0v) is 19.9. The molecule has 0 spiro atoms. The highest BCUT2D eigenvalue weighted by Gasteiger charge is 2.22. The lowest BCUT2D eigenvalue weighted by molar-refractivity contribution is -0.127. The number of thiazole rings is 1. The van der Waals surface area contributed by atoms with Crippen LogP contribution in [0.5, 0.6) is 5.75 Å². The van der Waals surface area contributed by atoms with Crippen LogP contribution in [-0.2, 0) is 40.3 Å². The number of hydrogen-bond acceptors (Lipinski definition) is 7. The largest absolute Gasteiger partial charge is 0.484 e. The lowest BCUT2D eigenvalue weighted by Gasteiger charge is -2.18. The smallest absolute Gasteiger partial charge is 0.255 e. The number of carbonyl (C=O) groups is 3. The Balaban J connectivity index is 1.53. The molecule has 3 aromatic rings. The van der Waals surface area contributed by atoms with E-state index < -0.39 is 11.9 Å². The lowest BCUT2D eigenvalue weighted by atomic mass is 10.1. The van der Waals surface area contributed by atoms with Crippen LogP contribution in [0, 0.1) is 6.42 Å². The van der Waals surface area contributed by atoms with Crippen LogP contribution in [0.3, 0.4) is 0 Å². The van der Waals surface area contributed by atoms with Crippen molar-refractivity contribution in [1.82, 2.24) is 15.6 Å². The van der Waals surface area contributed by atoms with Gasteiger partial charge < -0.3 is 26.8 Å². The summed E-state index contributed by atoms with van der Waals surface area (Å²) < 4.78 is 5.22. The summed E-state index contributed by atoms with van der Waals surface area (Å²) >= 11 is 1.43. The van der Waals surface area contributed by atoms with Crippen LogP contribution < -0.4 is 26.8 Å². The third-order valence-electron chi connectivity index (χ3n) is 5.08. The summed E-state index contributed by atoms with van der Waals surface area (Å²) in [6.07, 6.45) is 2.12. The van der Waals surface area contributed by atoms with Crippen LogP contribution in [-0.4, -0.2) is 35.4 Å². The second kappa shape index (κ2) is 13.2. The van der Waals surface area contributed by atoms with Crippen molar-refractivity contribution in [3.8, 4) is 5.75 Å². The van der Waals surface area contributed by atoms with Gasteiger partial charge in [0.2, 0.25) is 11.8 Å². The van der Waals surface area contributed by atoms with Gasteiger partial charge >= 0.3 is 0 Å². The van der Waals surface area contributed by atoms with Crippen molar-refractivity contribution in [3.05, 3.63) is 88.2 Å². The summed E-state index contributed by atoms with van der Waals surface area (Å²) in [6.45, 7) is 0.592. The normalized spacial score (nSPS) is 11.5. The first kappa shape index (κ1) is 25.9. The Bertz CT molecular complexity index is 1100. The monoisotopic (exact) mass is 494 g/mol. The molecule has 1 atom stereocenters. The van der Waals surface area contributed by atoms with Gasteiger partial charge in [0, 0.05) is 24.9 Å². The molecule has 0 aliphatic rings. The highest BCUT2D eigenvalue weighted by molar-refractivity contribution is 7.07. The number of nitrogens with one attached hydrogen (secondary N) is 2. The fourth-order valence-corrected chi connectivity index (χ4v) is 3.75. The van der Waals surface area contributed by atoms with E-state index in [-0.39, 0.29) is 24.8 Å². The Hall–Kier alpha value is -3.76. The predicted octanol–water partition coefficient (Wildman–Crippen LogP) is 1.26. The second-order valence-corrected chi connectivity index (χ2v) is 8.51. The topological polar surface area (TPSA) is 149 Å². The quantitative estimate of drug-likeness (QED) is 0.281. The maximum absolute atomic E-state index is 12.9. The van der Waals surface area contributed by atoms with E-state index in [1.165, 1.54) is 17.8 Å². The average Bonchev–Trinajstić information content (AvgIpc) is 3.38. The van der Waals surface area contributed by atoms with Gasteiger partial charge in [0.05, 0.1) is 17.6 Å². The first-order chi connectivity index (χ1) is 16.9. The fraction of sp³-hybridized carbons (Fsp3) is 0.240. The minimum atomic E-state index is -0.770. The molecule has 6 N–H and O–H groups in total. The van der Waals surface area contributed by atoms with Gasteiger partial charge in [-0.15, -0.1) is 11.3 Å². The first-order valence-electron chi connectivity index (χ1n) is 11.0. The Kier molecular flexibility index (Phi) is 9.76. The highest BCUT2D eigenvalue weighted by atomic mass is 32.1. The van der Waals surface area contributed by atoms with Crippen LogP contribution in [0.4, 0.5) is 0 Å². The van der Waals surface area contributed by atoms with Crippen LogP contribution in [0.25, 0.3) is 0 Å². The molecule has 1 heterocycles. The maximum Gasteiger partial charge on any atom is 0.255 e. The molecule has 0 saturated carbocycles. The predicted molar refractivity (Wildman–Crippen MR) is 133 cm³/mol. The molecule has 3 amide bonds. The van der Waals surface area contributed by atoms with E-state index in [0.29, 0.717) is 25.3 Å². The van der Waals surface area contributed by atoms with Gasteiger partial charge in [0.15, 0.2) is 6.61 Å². The minimum absolute atomic E-state index is 0.199. The lowest BCUT2D eigenvalue weighted by Crippen LogP contribution is -2.48. The number of carbonyl (C=O) groups excluding carboxylic acids is 3. The molecule has 0 unspecified atom stereocenters. The van der Waals surface area contributed by atoms with Gasteiger partial charge in [-0.2, -0.15) is 0 Å². The Morgan fingerprint density at radius 3 is 2.34 bits per heavy atom. The number of benzene rings is 2. The minimum Gasteiger partial charge on any atom is -0.484 e. The molecule has 1 radical (unpaired) electrons. The van der Waals surface area contributed by atoms with Crippen molar-refractivity contribution in [1.29, 1.82) is 0 Å². The molecule has 3 rings (SSSR count). The van der Waals surface area contributed by atoms with Gasteiger partial charge in [-0.05, 0) is 35.2 Å². The molecule has 0 aliphatic carbocycles. The molecule has 9 nitrogen and oxygen atoms in total. The molecule has 0 bridgehead atoms. The Morgan fingerprint density at radius 1 is 1.03 bits per heavy atom. The van der Waals surface area contributed by atoms with Crippen LogP contribution in [0.1, 0.15) is 22.4 Å². The van der Waals surface area contributed by atoms with Crippen LogP contribution in [0.2, 0.25) is 0 Å². The van der Waals surface area contributed by atoms with Crippen molar-refractivity contribution in [3.63, 3.8) is 0 Å². The van der Waals surface area contributed by atoms with Gasteiger partial charge in [-0.25, -0.2) is 4.98 Å². The van der Waals surface area contributed by atoms with Crippen molar-refractivity contribution in [2.75, 3.05) is 6.61 Å². The third kappa shape index (κ3) is 8.84. The number of ether oxygens (including phenoxy) is 1. The van der Waals surface area contributed by atoms with E-state index in [1.807, 2.05) is 29.6 Å². The Labute approximate surface area is 207 Å². The van der Waals surface area contributed by atoms with Gasteiger partial charge in [-0.3, -0.25) is 14.4 Å². The van der Waals surface area contributed by atoms with Crippen molar-refractivity contribution >= 4 is 29.1 Å². The van der Waals surface area contributed by atoms with Crippen LogP contribution in [0.15, 0.2) is 59.4 Å². The summed E-state index contributed by atoms with van der Waals surface area (Å²) in [5.74, 6) is -0.699. The SMILES string of the molecule is NCc1ccc(CNC(=O)[C@H](Cc2cscn2)NC(=O)[CH]Cc2ccc(OCC(N)=O)cc2)cc1. The van der Waals surface area contributed by atoms with E-state index in [0.717, 1.165) is 22.4 Å². The summed E-state index contributed by atoms with van der Waals surface area (Å²) in [5, 5.41) is 7.52. The van der Waals surface area contributed by atoms with E-state index in [9.17, 15) is 14.4 Å². The van der Waals surface area contributed by atoms with Crippen molar-refractivity contribution < 1.29 is 19.1 Å². The number of primary amides is 1. The molecule has 0 fully saturated rings. The Morgan fingerprint density at radius 2 is 1.71 bits per heavy atom. The number of nitrogens with two attached hydrogens (primary N) is 2. The van der Waals surface area contributed by atoms with Crippen molar-refractivity contribution in [2.45, 2.75) is 32.0 Å². The highest BCUT2D eigenvalue weighted by Crippen LogP contribution is 2.13. The summed E-state index contributed by atoms with van der Waals surface area (Å²) in [6, 6.07) is 13.9. The molecule has 0 saturated heterocycles. The maximum atomic E-state index is 12.9. The van der Waals surface area contributed by atoms with E-state index in [1.54, 1.807) is 29.8 Å². The van der Waals surface area contributed by atoms with Gasteiger partial charge in [0.1, 0.15) is 11.8 Å². The van der Waals surface area contributed by atoms with E-state index in [4.69, 9.17) is 16.2 Å². The number of nitrogens with zero attached hydrogens (tertiary/aromatic N) is 1. The molecular formula is C25H28N5O4S. The number of aromatic nitrogens is 1. The summed E-state index contributed by atoms with van der Waals surface area (Å²) in [5.41, 5.74) is 15.9. The first-order valence-corrected chi connectivity index (χ1v) is 11.9. The van der Waals surface area contributed by atoms with Crippen LogP contribution >= 0.6 is 11.3 Å². The molecular weight excluding hydrogens is 466 g/mol. The molecule has 1 aromatic heterocycles. The van der Waals surface area contributed by atoms with Crippen molar-refractivity contribution in [2.24, 2.45) is 11.5 Å². The van der Waals surface area contributed by atoms with Gasteiger partial charge in [-0.1, -0.05) is 36.4 Å². The van der Waals surface area contributed by atoms with Gasteiger partial charge in [0.25, 0.3) is 5.91 Å². The third-order valence-corrected chi connectivity index (χ3v) is 5.72. The number of rotatable bonds is 13. The zero-order valence-electron chi connectivity index (χ0n) is 19.1.